The fourth-order valence-electron chi connectivity index (χ4n) is 1.49. The minimum Gasteiger partial charge on any atom is -0.460 e. The number of carbonyl (C=O) groups excluding carboxylic acids is 1. The lowest BCUT2D eigenvalue weighted by Gasteiger charge is -2.11. The second-order valence-corrected chi connectivity index (χ2v) is 4.33. The van der Waals surface area contributed by atoms with Gasteiger partial charge in [0.2, 0.25) is 0 Å². The Balaban J connectivity index is 3.22. The standard InChI is InChI=1S/C14H26O4/c1-3-5-6-7-8-9-10-17-11-13(15)12-18-14(16)4-2/h4,13,15H,2-3,5-12H2,1H3. The summed E-state index contributed by atoms with van der Waals surface area (Å²) in [6.45, 7) is 6.29. The number of rotatable bonds is 12. The number of unbranched alkanes of at least 4 members (excludes halogenated alkanes) is 5. The van der Waals surface area contributed by atoms with Crippen LogP contribution in [0.4, 0.5) is 0 Å². The number of hydrogen-bond donors (Lipinski definition) is 1. The van der Waals surface area contributed by atoms with Crippen molar-refractivity contribution in [2.75, 3.05) is 19.8 Å². The molecule has 0 heterocycles. The van der Waals surface area contributed by atoms with E-state index in [0.717, 1.165) is 12.5 Å². The molecule has 0 saturated heterocycles. The zero-order valence-corrected chi connectivity index (χ0v) is 11.4. The molecule has 4 heteroatoms. The van der Waals surface area contributed by atoms with Crippen LogP contribution >= 0.6 is 0 Å². The third-order valence-corrected chi connectivity index (χ3v) is 2.54. The van der Waals surface area contributed by atoms with E-state index in [1.807, 2.05) is 0 Å². The van der Waals surface area contributed by atoms with E-state index >= 15 is 0 Å². The van der Waals surface area contributed by atoms with Gasteiger partial charge in [-0.05, 0) is 6.42 Å². The van der Waals surface area contributed by atoms with Crippen LogP contribution in [0.15, 0.2) is 12.7 Å². The van der Waals surface area contributed by atoms with E-state index in [1.165, 1.54) is 32.1 Å². The normalized spacial score (nSPS) is 12.1. The highest BCUT2D eigenvalue weighted by Crippen LogP contribution is 2.04. The number of aliphatic hydroxyl groups excluding tert-OH is 1. The molecule has 0 amide bonds. The predicted molar refractivity (Wildman–Crippen MR) is 71.4 cm³/mol. The fourth-order valence-corrected chi connectivity index (χ4v) is 1.49. The topological polar surface area (TPSA) is 55.8 Å². The van der Waals surface area contributed by atoms with Crippen molar-refractivity contribution in [3.05, 3.63) is 12.7 Å². The van der Waals surface area contributed by atoms with Gasteiger partial charge in [0.1, 0.15) is 12.7 Å². The minimum atomic E-state index is -0.756. The van der Waals surface area contributed by atoms with Crippen LogP contribution in [-0.2, 0) is 14.3 Å². The Morgan fingerprint density at radius 3 is 2.56 bits per heavy atom. The summed E-state index contributed by atoms with van der Waals surface area (Å²) in [5, 5.41) is 9.43. The second kappa shape index (κ2) is 12.6. The summed E-state index contributed by atoms with van der Waals surface area (Å²) in [6, 6.07) is 0. The third-order valence-electron chi connectivity index (χ3n) is 2.54. The Labute approximate surface area is 110 Å². The van der Waals surface area contributed by atoms with E-state index in [1.54, 1.807) is 0 Å². The molecule has 106 valence electrons. The lowest BCUT2D eigenvalue weighted by Crippen LogP contribution is -2.23. The van der Waals surface area contributed by atoms with Gasteiger partial charge >= 0.3 is 5.97 Å². The Morgan fingerprint density at radius 2 is 1.89 bits per heavy atom. The molecule has 0 radical (unpaired) electrons. The molecular formula is C14H26O4. The Hall–Kier alpha value is -0.870. The molecule has 0 fully saturated rings. The third kappa shape index (κ3) is 11.6. The molecule has 0 spiro atoms. The van der Waals surface area contributed by atoms with Gasteiger partial charge in [-0.25, -0.2) is 4.79 Å². The maximum absolute atomic E-state index is 10.7. The summed E-state index contributed by atoms with van der Waals surface area (Å²) < 4.78 is 9.99. The molecule has 0 saturated carbocycles. The first-order valence-corrected chi connectivity index (χ1v) is 6.75. The maximum Gasteiger partial charge on any atom is 0.330 e. The van der Waals surface area contributed by atoms with E-state index < -0.39 is 12.1 Å². The molecule has 18 heavy (non-hydrogen) atoms. The van der Waals surface area contributed by atoms with Crippen LogP contribution < -0.4 is 0 Å². The highest BCUT2D eigenvalue weighted by Gasteiger charge is 2.06. The monoisotopic (exact) mass is 258 g/mol. The molecule has 1 unspecified atom stereocenters. The lowest BCUT2D eigenvalue weighted by atomic mass is 10.1. The van der Waals surface area contributed by atoms with Crippen molar-refractivity contribution in [2.45, 2.75) is 51.6 Å². The summed E-state index contributed by atoms with van der Waals surface area (Å²) in [7, 11) is 0. The zero-order chi connectivity index (χ0) is 13.6. The van der Waals surface area contributed by atoms with E-state index in [-0.39, 0.29) is 13.2 Å². The van der Waals surface area contributed by atoms with Gasteiger partial charge in [-0.3, -0.25) is 0 Å². The average molecular weight is 258 g/mol. The van der Waals surface area contributed by atoms with Crippen molar-refractivity contribution < 1.29 is 19.4 Å². The van der Waals surface area contributed by atoms with Crippen molar-refractivity contribution in [3.8, 4) is 0 Å². The van der Waals surface area contributed by atoms with Crippen LogP contribution in [0.1, 0.15) is 45.4 Å². The fraction of sp³-hybridized carbons (Fsp3) is 0.786. The van der Waals surface area contributed by atoms with E-state index in [9.17, 15) is 9.90 Å². The molecule has 1 atom stereocenters. The molecule has 1 N–H and O–H groups in total. The van der Waals surface area contributed by atoms with Gasteiger partial charge in [0, 0.05) is 12.7 Å². The number of esters is 1. The first kappa shape index (κ1) is 17.1. The molecule has 4 nitrogen and oxygen atoms in total. The van der Waals surface area contributed by atoms with E-state index in [2.05, 4.69) is 18.2 Å². The van der Waals surface area contributed by atoms with Gasteiger partial charge < -0.3 is 14.6 Å². The van der Waals surface area contributed by atoms with Gasteiger partial charge in [0.15, 0.2) is 0 Å². The van der Waals surface area contributed by atoms with E-state index in [4.69, 9.17) is 4.74 Å². The minimum absolute atomic E-state index is 0.0403. The van der Waals surface area contributed by atoms with Gasteiger partial charge in [0.25, 0.3) is 0 Å². The molecule has 0 aliphatic rings. The van der Waals surface area contributed by atoms with Crippen molar-refractivity contribution >= 4 is 5.97 Å². The molecule has 0 aromatic heterocycles. The molecule has 0 aliphatic heterocycles. The molecule has 0 aromatic carbocycles. The van der Waals surface area contributed by atoms with Crippen LogP contribution in [0.3, 0.4) is 0 Å². The van der Waals surface area contributed by atoms with Gasteiger partial charge in [0.05, 0.1) is 6.61 Å². The quantitative estimate of drug-likeness (QED) is 0.332. The number of carbonyl (C=O) groups is 1. The largest absolute Gasteiger partial charge is 0.460 e. The number of ether oxygens (including phenoxy) is 2. The summed E-state index contributed by atoms with van der Waals surface area (Å²) in [5.74, 6) is -0.523. The predicted octanol–water partition coefficient (Wildman–Crippen LogP) is 2.45. The molecule has 0 bridgehead atoms. The maximum atomic E-state index is 10.7. The highest BCUT2D eigenvalue weighted by atomic mass is 16.5. The van der Waals surface area contributed by atoms with Gasteiger partial charge in [-0.2, -0.15) is 0 Å². The van der Waals surface area contributed by atoms with E-state index in [0.29, 0.717) is 6.61 Å². The summed E-state index contributed by atoms with van der Waals surface area (Å²) in [5.41, 5.74) is 0. The van der Waals surface area contributed by atoms with Crippen LogP contribution in [0.25, 0.3) is 0 Å². The van der Waals surface area contributed by atoms with Gasteiger partial charge in [-0.15, -0.1) is 0 Å². The number of aliphatic hydroxyl groups is 1. The highest BCUT2D eigenvalue weighted by molar-refractivity contribution is 5.81. The van der Waals surface area contributed by atoms with Crippen LogP contribution in [-0.4, -0.2) is 37.0 Å². The number of hydrogen-bond acceptors (Lipinski definition) is 4. The Bertz CT molecular complexity index is 216. The molecule has 0 aromatic rings. The summed E-state index contributed by atoms with van der Waals surface area (Å²) in [6.07, 6.45) is 7.59. The van der Waals surface area contributed by atoms with Crippen LogP contribution in [0, 0.1) is 0 Å². The van der Waals surface area contributed by atoms with Gasteiger partial charge in [-0.1, -0.05) is 45.6 Å². The van der Waals surface area contributed by atoms with Crippen LogP contribution in [0.5, 0.6) is 0 Å². The second-order valence-electron chi connectivity index (χ2n) is 4.33. The first-order valence-electron chi connectivity index (χ1n) is 6.75. The molecule has 0 aliphatic carbocycles. The van der Waals surface area contributed by atoms with Crippen molar-refractivity contribution in [3.63, 3.8) is 0 Å². The molecule has 0 rings (SSSR count). The van der Waals surface area contributed by atoms with Crippen molar-refractivity contribution in [2.24, 2.45) is 0 Å². The Morgan fingerprint density at radius 1 is 1.22 bits per heavy atom. The average Bonchev–Trinajstić information content (AvgIpc) is 2.39. The zero-order valence-electron chi connectivity index (χ0n) is 11.4. The summed E-state index contributed by atoms with van der Waals surface area (Å²) in [4.78, 5) is 10.7. The molecular weight excluding hydrogens is 232 g/mol. The van der Waals surface area contributed by atoms with Crippen molar-refractivity contribution in [1.82, 2.24) is 0 Å². The first-order chi connectivity index (χ1) is 8.70. The summed E-state index contributed by atoms with van der Waals surface area (Å²) >= 11 is 0. The van der Waals surface area contributed by atoms with Crippen molar-refractivity contribution in [1.29, 1.82) is 0 Å². The Kier molecular flexibility index (Phi) is 12.0. The lowest BCUT2D eigenvalue weighted by molar-refractivity contribution is -0.141. The smallest absolute Gasteiger partial charge is 0.330 e. The van der Waals surface area contributed by atoms with Crippen LogP contribution in [0.2, 0.25) is 0 Å². The SMILES string of the molecule is C=CC(=O)OCC(O)COCCCCCCCC.